The van der Waals surface area contributed by atoms with E-state index in [2.05, 4.69) is 18.5 Å². The van der Waals surface area contributed by atoms with Gasteiger partial charge in [-0.1, -0.05) is 0 Å². The minimum Gasteiger partial charge on any atom is -0.297 e. The van der Waals surface area contributed by atoms with Crippen LogP contribution in [0.5, 0.6) is 0 Å². The van der Waals surface area contributed by atoms with Crippen LogP contribution in [0.25, 0.3) is 0 Å². The summed E-state index contributed by atoms with van der Waals surface area (Å²) in [5.41, 5.74) is 0. The van der Waals surface area contributed by atoms with Crippen molar-refractivity contribution in [2.75, 3.05) is 3.53 Å². The number of nitrogens with one attached hydrogen (secondary N) is 1. The lowest BCUT2D eigenvalue weighted by Crippen LogP contribution is -1.88. The van der Waals surface area contributed by atoms with Crippen molar-refractivity contribution in [1.82, 2.24) is 15.0 Å². The van der Waals surface area contributed by atoms with Gasteiger partial charge in [-0.2, -0.15) is 0 Å². The van der Waals surface area contributed by atoms with Crippen molar-refractivity contribution in [3.05, 3.63) is 12.7 Å². The second kappa shape index (κ2) is 2.75. The Labute approximate surface area is 60.3 Å². The highest BCUT2D eigenvalue weighted by Crippen LogP contribution is 1.93. The van der Waals surface area contributed by atoms with Gasteiger partial charge in [-0.15, -0.1) is 0 Å². The third-order valence-corrected chi connectivity index (χ3v) is 1.06. The third kappa shape index (κ3) is 1.25. The van der Waals surface area contributed by atoms with E-state index in [9.17, 15) is 0 Å². The van der Waals surface area contributed by atoms with Gasteiger partial charge in [0.25, 0.3) is 0 Å². The van der Waals surface area contributed by atoms with Crippen LogP contribution in [-0.4, -0.2) is 15.0 Å². The number of hydrogen-bond acceptors (Lipinski definition) is 4. The molecule has 8 heavy (non-hydrogen) atoms. The summed E-state index contributed by atoms with van der Waals surface area (Å²) in [6, 6.07) is 0. The summed E-state index contributed by atoms with van der Waals surface area (Å²) in [5, 5.41) is 0. The summed E-state index contributed by atoms with van der Waals surface area (Å²) >= 11 is 1.95. The lowest BCUT2D eigenvalue weighted by molar-refractivity contribution is 1.06. The minimum absolute atomic E-state index is 0.584. The Bertz CT molecular complexity index is 153. The van der Waals surface area contributed by atoms with Crippen molar-refractivity contribution in [2.45, 2.75) is 0 Å². The average molecular weight is 222 g/mol. The number of halogens is 1. The summed E-state index contributed by atoms with van der Waals surface area (Å²) in [4.78, 5) is 11.1. The van der Waals surface area contributed by atoms with E-state index in [0.29, 0.717) is 5.95 Å². The summed E-state index contributed by atoms with van der Waals surface area (Å²) < 4.78 is 2.73. The molecule has 0 bridgehead atoms. The van der Waals surface area contributed by atoms with Gasteiger partial charge < -0.3 is 0 Å². The summed E-state index contributed by atoms with van der Waals surface area (Å²) in [6.45, 7) is 0. The molecule has 42 valence electrons. The van der Waals surface area contributed by atoms with Crippen LogP contribution >= 0.6 is 22.9 Å². The minimum atomic E-state index is 0.584. The molecule has 5 heteroatoms. The molecule has 0 amide bonds. The van der Waals surface area contributed by atoms with Crippen LogP contribution < -0.4 is 3.53 Å². The van der Waals surface area contributed by atoms with E-state index < -0.39 is 0 Å². The fourth-order valence-electron chi connectivity index (χ4n) is 0.288. The van der Waals surface area contributed by atoms with Crippen LogP contribution in [0.15, 0.2) is 12.7 Å². The number of hydrogen-bond donors (Lipinski definition) is 1. The van der Waals surface area contributed by atoms with Gasteiger partial charge in [-0.3, -0.25) is 3.53 Å². The Hall–Kier alpha value is -0.460. The van der Waals surface area contributed by atoms with E-state index in [4.69, 9.17) is 0 Å². The number of rotatable bonds is 1. The van der Waals surface area contributed by atoms with Crippen molar-refractivity contribution in [1.29, 1.82) is 0 Å². The van der Waals surface area contributed by atoms with E-state index in [0.717, 1.165) is 0 Å². The van der Waals surface area contributed by atoms with Crippen molar-refractivity contribution >= 4 is 28.8 Å². The maximum absolute atomic E-state index is 3.76. The zero-order valence-corrected chi connectivity index (χ0v) is 6.03. The topological polar surface area (TPSA) is 50.7 Å². The summed E-state index contributed by atoms with van der Waals surface area (Å²) in [7, 11) is 0. The zero-order chi connectivity index (χ0) is 5.82. The second-order valence-corrected chi connectivity index (χ2v) is 1.60. The van der Waals surface area contributed by atoms with E-state index >= 15 is 0 Å². The van der Waals surface area contributed by atoms with Gasteiger partial charge >= 0.3 is 0 Å². The monoisotopic (exact) mass is 222 g/mol. The molecule has 0 unspecified atom stereocenters. The highest BCUT2D eigenvalue weighted by Gasteiger charge is 1.83. The van der Waals surface area contributed by atoms with E-state index in [-0.39, 0.29) is 0 Å². The van der Waals surface area contributed by atoms with Gasteiger partial charge in [0.15, 0.2) is 0 Å². The van der Waals surface area contributed by atoms with E-state index in [1.807, 2.05) is 22.9 Å². The van der Waals surface area contributed by atoms with Crippen molar-refractivity contribution < 1.29 is 0 Å². The first-order valence-electron chi connectivity index (χ1n) is 1.92. The van der Waals surface area contributed by atoms with Crippen molar-refractivity contribution in [3.63, 3.8) is 0 Å². The average Bonchev–Trinajstić information content (AvgIpc) is 1.90. The molecule has 1 aromatic heterocycles. The zero-order valence-electron chi connectivity index (χ0n) is 3.87. The molecule has 0 aliphatic heterocycles. The van der Waals surface area contributed by atoms with Gasteiger partial charge in [-0.05, 0) is 0 Å². The number of anilines is 1. The van der Waals surface area contributed by atoms with Crippen LogP contribution in [0.4, 0.5) is 5.95 Å². The highest BCUT2D eigenvalue weighted by atomic mass is 127. The number of aromatic nitrogens is 3. The molecule has 0 saturated carbocycles. The Balaban J connectivity index is 2.83. The van der Waals surface area contributed by atoms with Crippen molar-refractivity contribution in [2.24, 2.45) is 0 Å². The maximum Gasteiger partial charge on any atom is 0.234 e. The van der Waals surface area contributed by atoms with Gasteiger partial charge in [-0.25, -0.2) is 15.0 Å². The molecule has 1 rings (SSSR count). The highest BCUT2D eigenvalue weighted by molar-refractivity contribution is 14.1. The first kappa shape index (κ1) is 5.67. The Kier molecular flexibility index (Phi) is 1.95. The molecular formula is C3H3IN4. The molecule has 0 spiro atoms. The molecule has 1 N–H and O–H groups in total. The van der Waals surface area contributed by atoms with Gasteiger partial charge in [0.05, 0.1) is 22.9 Å². The lowest BCUT2D eigenvalue weighted by atomic mass is 11.0. The third-order valence-electron chi connectivity index (χ3n) is 0.578. The molecule has 0 fully saturated rings. The summed E-state index contributed by atoms with van der Waals surface area (Å²) in [6.07, 6.45) is 2.88. The second-order valence-electron chi connectivity index (χ2n) is 1.06. The molecule has 1 aromatic rings. The first-order chi connectivity index (χ1) is 3.93. The Morgan fingerprint density at radius 3 is 2.38 bits per heavy atom. The van der Waals surface area contributed by atoms with Crippen LogP contribution in [0.2, 0.25) is 0 Å². The standard InChI is InChI=1S/C3H3IN4/c4-8-3-6-1-5-2-7-3/h1-2H,(H,5,6,7,8). The van der Waals surface area contributed by atoms with Crippen LogP contribution in [0.1, 0.15) is 0 Å². The first-order valence-corrected chi connectivity index (χ1v) is 3.00. The Morgan fingerprint density at radius 2 is 2.00 bits per heavy atom. The summed E-state index contributed by atoms with van der Waals surface area (Å²) in [5.74, 6) is 0.584. The van der Waals surface area contributed by atoms with Crippen molar-refractivity contribution in [3.8, 4) is 0 Å². The van der Waals surface area contributed by atoms with Crippen LogP contribution in [-0.2, 0) is 0 Å². The van der Waals surface area contributed by atoms with E-state index in [1.54, 1.807) is 0 Å². The fourth-order valence-corrected chi connectivity index (χ4v) is 0.567. The molecule has 0 radical (unpaired) electrons. The molecule has 4 nitrogen and oxygen atoms in total. The molecule has 1 heterocycles. The van der Waals surface area contributed by atoms with Crippen LogP contribution in [0.3, 0.4) is 0 Å². The predicted octanol–water partition coefficient (Wildman–Crippen LogP) is 0.633. The maximum atomic E-state index is 3.76. The van der Waals surface area contributed by atoms with E-state index in [1.165, 1.54) is 12.7 Å². The largest absolute Gasteiger partial charge is 0.297 e. The smallest absolute Gasteiger partial charge is 0.234 e. The molecule has 0 aromatic carbocycles. The molecule has 0 aliphatic rings. The lowest BCUT2D eigenvalue weighted by Gasteiger charge is -1.88. The fraction of sp³-hybridized carbons (Fsp3) is 0. The van der Waals surface area contributed by atoms with Crippen LogP contribution in [0, 0.1) is 0 Å². The van der Waals surface area contributed by atoms with Gasteiger partial charge in [0.1, 0.15) is 12.7 Å². The number of nitrogens with zero attached hydrogens (tertiary/aromatic N) is 3. The predicted molar refractivity (Wildman–Crippen MR) is 37.5 cm³/mol. The molecule has 0 saturated heterocycles. The normalized spacial score (nSPS) is 8.62. The molecular weight excluding hydrogens is 219 g/mol. The van der Waals surface area contributed by atoms with Gasteiger partial charge in [0.2, 0.25) is 5.95 Å². The quantitative estimate of drug-likeness (QED) is 0.559. The van der Waals surface area contributed by atoms with Gasteiger partial charge in [0, 0.05) is 0 Å². The Morgan fingerprint density at radius 1 is 1.38 bits per heavy atom. The molecule has 0 aliphatic carbocycles. The SMILES string of the molecule is INc1ncncn1. The molecule has 0 atom stereocenters.